The molecule has 0 aliphatic carbocycles. The van der Waals surface area contributed by atoms with Gasteiger partial charge in [-0.15, -0.1) is 0 Å². The molecule has 2 rings (SSSR count). The van der Waals surface area contributed by atoms with Gasteiger partial charge in [0.1, 0.15) is 5.58 Å². The van der Waals surface area contributed by atoms with Crippen LogP contribution in [0.2, 0.25) is 0 Å². The lowest BCUT2D eigenvalue weighted by Crippen LogP contribution is -2.21. The van der Waals surface area contributed by atoms with Crippen LogP contribution in [0.4, 0.5) is 5.69 Å². The maximum Gasteiger partial charge on any atom is 0.345 e. The molecule has 6 heteroatoms. The van der Waals surface area contributed by atoms with E-state index >= 15 is 0 Å². The number of nitrogens with two attached hydrogens (primary N) is 1. The average Bonchev–Trinajstić information content (AvgIpc) is 2.55. The number of hydrogen-bond acceptors (Lipinski definition) is 6. The van der Waals surface area contributed by atoms with Gasteiger partial charge in [-0.1, -0.05) is 0 Å². The Hall–Kier alpha value is -2.76. The molecule has 0 unspecified atom stereocenters. The van der Waals surface area contributed by atoms with Crippen molar-refractivity contribution < 1.29 is 13.9 Å². The number of carbonyl (C=O) groups is 1. The highest BCUT2D eigenvalue weighted by Gasteiger charge is 2.11. The van der Waals surface area contributed by atoms with Crippen molar-refractivity contribution in [1.29, 1.82) is 0 Å². The first kappa shape index (κ1) is 17.6. The molecule has 0 saturated heterocycles. The van der Waals surface area contributed by atoms with Gasteiger partial charge < -0.3 is 19.8 Å². The van der Waals surface area contributed by atoms with Gasteiger partial charge in [-0.05, 0) is 39.0 Å². The van der Waals surface area contributed by atoms with E-state index in [-0.39, 0.29) is 17.9 Å². The molecule has 0 saturated carbocycles. The van der Waals surface area contributed by atoms with E-state index in [0.29, 0.717) is 5.58 Å². The molecule has 1 heterocycles. The number of anilines is 1. The maximum absolute atomic E-state index is 12.2. The maximum atomic E-state index is 12.2. The first-order valence-electron chi connectivity index (χ1n) is 7.97. The van der Waals surface area contributed by atoms with Crippen molar-refractivity contribution in [3.8, 4) is 0 Å². The molecular weight excluding hydrogens is 308 g/mol. The lowest BCUT2D eigenvalue weighted by molar-refractivity contribution is -0.137. The van der Waals surface area contributed by atoms with Crippen LogP contribution in [0.15, 0.2) is 39.6 Å². The monoisotopic (exact) mass is 330 g/mol. The smallest absolute Gasteiger partial charge is 0.345 e. The van der Waals surface area contributed by atoms with E-state index in [1.165, 1.54) is 0 Å². The summed E-state index contributed by atoms with van der Waals surface area (Å²) in [4.78, 5) is 25.8. The van der Waals surface area contributed by atoms with E-state index in [0.717, 1.165) is 30.2 Å². The van der Waals surface area contributed by atoms with Crippen molar-refractivity contribution >= 4 is 28.3 Å². The van der Waals surface area contributed by atoms with E-state index in [4.69, 9.17) is 14.9 Å². The Balaban J connectivity index is 2.46. The Labute approximate surface area is 140 Å². The van der Waals surface area contributed by atoms with Crippen LogP contribution >= 0.6 is 0 Å². The molecule has 0 atom stereocenters. The average molecular weight is 330 g/mol. The first-order valence-corrected chi connectivity index (χ1v) is 7.97. The topological polar surface area (TPSA) is 85.8 Å². The van der Waals surface area contributed by atoms with Gasteiger partial charge in [-0.3, -0.25) is 0 Å². The zero-order valence-corrected chi connectivity index (χ0v) is 14.2. The Morgan fingerprint density at radius 1 is 1.25 bits per heavy atom. The van der Waals surface area contributed by atoms with Gasteiger partial charge in [-0.2, -0.15) is 0 Å². The Morgan fingerprint density at radius 3 is 2.58 bits per heavy atom. The number of rotatable bonds is 6. The highest BCUT2D eigenvalue weighted by Crippen LogP contribution is 2.22. The SMILES string of the molecule is CCOC(=O)/C=C(/N)c1cc2ccc(N(CC)CC)cc2oc1=O. The lowest BCUT2D eigenvalue weighted by atomic mass is 10.1. The molecule has 128 valence electrons. The number of esters is 1. The molecule has 2 aromatic rings. The van der Waals surface area contributed by atoms with Crippen LogP contribution in [0.3, 0.4) is 0 Å². The zero-order valence-electron chi connectivity index (χ0n) is 14.2. The van der Waals surface area contributed by atoms with E-state index in [9.17, 15) is 9.59 Å². The van der Waals surface area contributed by atoms with Crippen LogP contribution in [-0.4, -0.2) is 25.7 Å². The van der Waals surface area contributed by atoms with Gasteiger partial charge in [0.2, 0.25) is 0 Å². The number of ether oxygens (including phenoxy) is 1. The van der Waals surface area contributed by atoms with Gasteiger partial charge in [0.05, 0.1) is 17.9 Å². The summed E-state index contributed by atoms with van der Waals surface area (Å²) < 4.78 is 10.2. The summed E-state index contributed by atoms with van der Waals surface area (Å²) in [6.07, 6.45) is 1.09. The summed E-state index contributed by atoms with van der Waals surface area (Å²) in [5.41, 5.74) is 6.88. The summed E-state index contributed by atoms with van der Waals surface area (Å²) in [6, 6.07) is 7.29. The fourth-order valence-electron chi connectivity index (χ4n) is 2.48. The quantitative estimate of drug-likeness (QED) is 0.497. The highest BCUT2D eigenvalue weighted by molar-refractivity contribution is 5.92. The van der Waals surface area contributed by atoms with E-state index in [1.807, 2.05) is 18.2 Å². The molecule has 0 amide bonds. The summed E-state index contributed by atoms with van der Waals surface area (Å²) in [6.45, 7) is 7.78. The van der Waals surface area contributed by atoms with Crippen LogP contribution in [0.25, 0.3) is 16.7 Å². The van der Waals surface area contributed by atoms with Gasteiger partial charge in [0, 0.05) is 36.3 Å². The van der Waals surface area contributed by atoms with Gasteiger partial charge >= 0.3 is 11.6 Å². The first-order chi connectivity index (χ1) is 11.5. The van der Waals surface area contributed by atoms with Crippen LogP contribution in [0.5, 0.6) is 0 Å². The number of fused-ring (bicyclic) bond motifs is 1. The van der Waals surface area contributed by atoms with Crippen molar-refractivity contribution in [2.45, 2.75) is 20.8 Å². The molecule has 0 aliphatic rings. The molecule has 6 nitrogen and oxygen atoms in total. The highest BCUT2D eigenvalue weighted by atomic mass is 16.5. The molecule has 0 bridgehead atoms. The van der Waals surface area contributed by atoms with Crippen molar-refractivity contribution in [3.63, 3.8) is 0 Å². The molecule has 2 N–H and O–H groups in total. The lowest BCUT2D eigenvalue weighted by Gasteiger charge is -2.21. The molecule has 24 heavy (non-hydrogen) atoms. The zero-order chi connectivity index (χ0) is 17.7. The van der Waals surface area contributed by atoms with E-state index in [1.54, 1.807) is 13.0 Å². The van der Waals surface area contributed by atoms with Gasteiger partial charge in [0.15, 0.2) is 0 Å². The second-order valence-electron chi connectivity index (χ2n) is 5.19. The van der Waals surface area contributed by atoms with E-state index in [2.05, 4.69) is 18.7 Å². The Morgan fingerprint density at radius 2 is 1.96 bits per heavy atom. The van der Waals surface area contributed by atoms with Crippen molar-refractivity contribution in [3.05, 3.63) is 46.3 Å². The number of hydrogen-bond donors (Lipinski definition) is 1. The Kier molecular flexibility index (Phi) is 5.63. The molecule has 0 spiro atoms. The van der Waals surface area contributed by atoms with Crippen LogP contribution in [0.1, 0.15) is 26.3 Å². The molecule has 0 radical (unpaired) electrons. The molecule has 0 aliphatic heterocycles. The third kappa shape index (κ3) is 3.76. The third-order valence-corrected chi connectivity index (χ3v) is 3.72. The summed E-state index contributed by atoms with van der Waals surface area (Å²) >= 11 is 0. The van der Waals surface area contributed by atoms with Gasteiger partial charge in [0.25, 0.3) is 0 Å². The summed E-state index contributed by atoms with van der Waals surface area (Å²) in [5, 5.41) is 0.737. The molecule has 1 aromatic carbocycles. The summed E-state index contributed by atoms with van der Waals surface area (Å²) in [5.74, 6) is -0.591. The second-order valence-corrected chi connectivity index (χ2v) is 5.19. The third-order valence-electron chi connectivity index (χ3n) is 3.72. The fraction of sp³-hybridized carbons (Fsp3) is 0.333. The molecular formula is C18H22N2O4. The molecule has 0 fully saturated rings. The van der Waals surface area contributed by atoms with Crippen molar-refractivity contribution in [2.75, 3.05) is 24.6 Å². The predicted molar refractivity (Wildman–Crippen MR) is 94.8 cm³/mol. The number of benzene rings is 1. The largest absolute Gasteiger partial charge is 0.463 e. The summed E-state index contributed by atoms with van der Waals surface area (Å²) in [7, 11) is 0. The van der Waals surface area contributed by atoms with Crippen LogP contribution in [-0.2, 0) is 9.53 Å². The van der Waals surface area contributed by atoms with E-state index < -0.39 is 11.6 Å². The normalized spacial score (nSPS) is 11.5. The Bertz CT molecular complexity index is 819. The fourth-order valence-corrected chi connectivity index (χ4v) is 2.48. The number of carbonyl (C=O) groups excluding carboxylic acids is 1. The van der Waals surface area contributed by atoms with Crippen LogP contribution < -0.4 is 16.3 Å². The van der Waals surface area contributed by atoms with Crippen molar-refractivity contribution in [2.24, 2.45) is 5.73 Å². The minimum absolute atomic E-state index is 0.0249. The minimum Gasteiger partial charge on any atom is -0.463 e. The molecule has 1 aromatic heterocycles. The minimum atomic E-state index is -0.591. The van der Waals surface area contributed by atoms with Crippen molar-refractivity contribution in [1.82, 2.24) is 0 Å². The van der Waals surface area contributed by atoms with Crippen LogP contribution in [0, 0.1) is 0 Å². The second kappa shape index (κ2) is 7.68. The standard InChI is InChI=1S/C18H22N2O4/c1-4-20(5-2)13-8-7-12-9-14(18(22)24-16(12)10-13)15(19)11-17(21)23-6-3/h7-11H,4-6,19H2,1-3H3/b15-11+. The number of nitrogens with zero attached hydrogens (tertiary/aromatic N) is 1. The van der Waals surface area contributed by atoms with Gasteiger partial charge in [-0.25, -0.2) is 9.59 Å². The predicted octanol–water partition coefficient (Wildman–Crippen LogP) is 2.50.